The van der Waals surface area contributed by atoms with Gasteiger partial charge in [0.05, 0.1) is 18.5 Å². The first-order valence-electron chi connectivity index (χ1n) is 11.1. The van der Waals surface area contributed by atoms with E-state index in [0.717, 1.165) is 42.7 Å². The number of hydrogen-bond acceptors (Lipinski definition) is 6. The first-order chi connectivity index (χ1) is 15.2. The van der Waals surface area contributed by atoms with E-state index in [-0.39, 0.29) is 17.2 Å². The summed E-state index contributed by atoms with van der Waals surface area (Å²) < 4.78 is 10.8. The summed E-state index contributed by atoms with van der Waals surface area (Å²) >= 11 is 0. The summed E-state index contributed by atoms with van der Waals surface area (Å²) in [7, 11) is 1.66. The molecule has 0 N–H and O–H groups in total. The van der Waals surface area contributed by atoms with Gasteiger partial charge >= 0.3 is 5.97 Å². The molecule has 0 aliphatic carbocycles. The number of unbranched alkanes of at least 4 members (excludes halogenated alkanes) is 3. The molecule has 0 amide bonds. The molecule has 172 valence electrons. The first kappa shape index (κ1) is 25.2. The minimum Gasteiger partial charge on any atom is -0.496 e. The molecule has 32 heavy (non-hydrogen) atoms. The highest BCUT2D eigenvalue weighted by Crippen LogP contribution is 2.34. The Morgan fingerprint density at radius 1 is 0.844 bits per heavy atom. The number of carbonyl (C=O) groups excluding carboxylic acids is 2. The molecule has 2 aromatic carbocycles. The molecule has 2 rings (SSSR count). The van der Waals surface area contributed by atoms with Gasteiger partial charge in [-0.1, -0.05) is 33.6 Å². The van der Waals surface area contributed by atoms with Gasteiger partial charge in [-0.15, -0.1) is 0 Å². The topological polar surface area (TPSA) is 77.3 Å². The van der Waals surface area contributed by atoms with E-state index < -0.39 is 0 Å². The molecule has 0 spiro atoms. The van der Waals surface area contributed by atoms with Crippen LogP contribution >= 0.6 is 0 Å². The van der Waals surface area contributed by atoms with E-state index >= 15 is 0 Å². The second-order valence-corrected chi connectivity index (χ2v) is 8.92. The van der Waals surface area contributed by atoms with Crippen molar-refractivity contribution in [3.05, 3.63) is 48.0 Å². The van der Waals surface area contributed by atoms with Crippen LogP contribution in [0.5, 0.6) is 11.5 Å². The van der Waals surface area contributed by atoms with Crippen molar-refractivity contribution in [1.82, 2.24) is 0 Å². The molecule has 0 saturated heterocycles. The lowest BCUT2D eigenvalue weighted by Crippen LogP contribution is -2.12. The van der Waals surface area contributed by atoms with E-state index in [1.165, 1.54) is 0 Å². The highest BCUT2D eigenvalue weighted by Gasteiger charge is 2.19. The predicted octanol–water partition coefficient (Wildman–Crippen LogP) is 7.24. The lowest BCUT2D eigenvalue weighted by atomic mass is 9.86. The summed E-state index contributed by atoms with van der Waals surface area (Å²) in [6.07, 6.45) is 4.51. The average molecular weight is 439 g/mol. The summed E-state index contributed by atoms with van der Waals surface area (Å²) in [6, 6.07) is 12.7. The number of hydrogen-bond donors (Lipinski definition) is 0. The molecule has 0 fully saturated rings. The Labute approximate surface area is 191 Å². The highest BCUT2D eigenvalue weighted by atomic mass is 16.5. The summed E-state index contributed by atoms with van der Waals surface area (Å²) in [6.45, 7) is 7.98. The fraction of sp³-hybridized carbons (Fsp3) is 0.462. The molecule has 0 heterocycles. The van der Waals surface area contributed by atoms with Crippen molar-refractivity contribution in [3.63, 3.8) is 0 Å². The highest BCUT2D eigenvalue weighted by molar-refractivity contribution is 5.75. The minimum atomic E-state index is -0.251. The average Bonchev–Trinajstić information content (AvgIpc) is 2.74. The van der Waals surface area contributed by atoms with Crippen LogP contribution in [0.4, 0.5) is 11.4 Å². The number of Topliss-reactive ketones (excluding diaryl/α,β-unsaturated/α-hetero) is 1. The van der Waals surface area contributed by atoms with E-state index in [2.05, 4.69) is 31.0 Å². The maximum atomic E-state index is 12.0. The van der Waals surface area contributed by atoms with Crippen molar-refractivity contribution in [2.75, 3.05) is 7.11 Å². The van der Waals surface area contributed by atoms with Crippen molar-refractivity contribution in [3.8, 4) is 11.5 Å². The van der Waals surface area contributed by atoms with Crippen LogP contribution < -0.4 is 9.47 Å². The van der Waals surface area contributed by atoms with Gasteiger partial charge in [0.2, 0.25) is 0 Å². The number of methoxy groups -OCH3 is 1. The maximum Gasteiger partial charge on any atom is 0.311 e. The largest absolute Gasteiger partial charge is 0.496 e. The summed E-state index contributed by atoms with van der Waals surface area (Å²) in [5.74, 6) is 1.29. The third-order valence-electron chi connectivity index (χ3n) is 5.00. The third kappa shape index (κ3) is 8.61. The normalized spacial score (nSPS) is 11.5. The molecule has 0 aliphatic heterocycles. The van der Waals surface area contributed by atoms with Gasteiger partial charge in [-0.25, -0.2) is 0 Å². The number of esters is 1. The van der Waals surface area contributed by atoms with Gasteiger partial charge in [-0.3, -0.25) is 4.79 Å². The lowest BCUT2D eigenvalue weighted by molar-refractivity contribution is -0.134. The number of ether oxygens (including phenoxy) is 2. The van der Waals surface area contributed by atoms with Crippen molar-refractivity contribution in [1.29, 1.82) is 0 Å². The van der Waals surface area contributed by atoms with Gasteiger partial charge in [0.15, 0.2) is 0 Å². The van der Waals surface area contributed by atoms with Crippen LogP contribution in [0, 0.1) is 0 Å². The van der Waals surface area contributed by atoms with Crippen LogP contribution in [0.3, 0.4) is 0 Å². The van der Waals surface area contributed by atoms with Gasteiger partial charge < -0.3 is 14.3 Å². The SMILES string of the molecule is COc1ccc(N=Nc2ccc(OC(=O)CCCCCCC(C)=O)cc2)cc1C(C)(C)C. The van der Waals surface area contributed by atoms with Gasteiger partial charge in [0.1, 0.15) is 17.3 Å². The summed E-state index contributed by atoms with van der Waals surface area (Å²) in [4.78, 5) is 22.9. The van der Waals surface area contributed by atoms with Gasteiger partial charge in [-0.2, -0.15) is 10.2 Å². The van der Waals surface area contributed by atoms with Crippen molar-refractivity contribution < 1.29 is 19.1 Å². The number of nitrogens with zero attached hydrogens (tertiary/aromatic N) is 2. The van der Waals surface area contributed by atoms with E-state index in [1.807, 2.05) is 18.2 Å². The quantitative estimate of drug-likeness (QED) is 0.160. The van der Waals surface area contributed by atoms with Gasteiger partial charge in [0, 0.05) is 18.4 Å². The van der Waals surface area contributed by atoms with Crippen LogP contribution in [-0.4, -0.2) is 18.9 Å². The molecule has 0 saturated carbocycles. The first-order valence-corrected chi connectivity index (χ1v) is 11.1. The van der Waals surface area contributed by atoms with Gasteiger partial charge in [-0.05, 0) is 67.6 Å². The molecule has 0 bridgehead atoms. The zero-order valence-corrected chi connectivity index (χ0v) is 19.8. The third-order valence-corrected chi connectivity index (χ3v) is 5.00. The Hall–Kier alpha value is -3.02. The van der Waals surface area contributed by atoms with Gasteiger partial charge in [0.25, 0.3) is 0 Å². The standard InChI is InChI=1S/C26H34N2O4/c1-19(29)10-8-6-7-9-11-25(30)32-22-15-12-20(13-16-22)27-28-21-14-17-24(31-5)23(18-21)26(2,3)4/h12-18H,6-11H2,1-5H3. The van der Waals surface area contributed by atoms with E-state index in [0.29, 0.717) is 24.3 Å². The fourth-order valence-corrected chi connectivity index (χ4v) is 3.22. The van der Waals surface area contributed by atoms with Crippen LogP contribution in [0.15, 0.2) is 52.7 Å². The Morgan fingerprint density at radius 2 is 1.44 bits per heavy atom. The molecule has 0 radical (unpaired) electrons. The lowest BCUT2D eigenvalue weighted by Gasteiger charge is -2.22. The van der Waals surface area contributed by atoms with E-state index in [4.69, 9.17) is 9.47 Å². The Balaban J connectivity index is 1.87. The molecule has 0 aromatic heterocycles. The molecule has 6 heteroatoms. The Morgan fingerprint density at radius 3 is 2.03 bits per heavy atom. The summed E-state index contributed by atoms with van der Waals surface area (Å²) in [5, 5.41) is 8.62. The monoisotopic (exact) mass is 438 g/mol. The molecule has 0 atom stereocenters. The minimum absolute atomic E-state index is 0.0725. The second kappa shape index (κ2) is 12.1. The Bertz CT molecular complexity index is 928. The van der Waals surface area contributed by atoms with E-state index in [1.54, 1.807) is 38.3 Å². The number of ketones is 1. The zero-order chi connectivity index (χ0) is 23.6. The predicted molar refractivity (Wildman–Crippen MR) is 126 cm³/mol. The van der Waals surface area contributed by atoms with Crippen LogP contribution in [0.1, 0.15) is 71.8 Å². The zero-order valence-electron chi connectivity index (χ0n) is 19.8. The van der Waals surface area contributed by atoms with Crippen LogP contribution in [0.2, 0.25) is 0 Å². The smallest absolute Gasteiger partial charge is 0.311 e. The van der Waals surface area contributed by atoms with Crippen LogP contribution in [-0.2, 0) is 15.0 Å². The molecular formula is C26H34N2O4. The number of benzene rings is 2. The number of rotatable bonds is 11. The molecular weight excluding hydrogens is 404 g/mol. The van der Waals surface area contributed by atoms with Crippen molar-refractivity contribution >= 4 is 23.1 Å². The fourth-order valence-electron chi connectivity index (χ4n) is 3.22. The number of carbonyl (C=O) groups is 2. The van der Waals surface area contributed by atoms with E-state index in [9.17, 15) is 9.59 Å². The maximum absolute atomic E-state index is 12.0. The summed E-state index contributed by atoms with van der Waals surface area (Å²) in [5.41, 5.74) is 2.41. The van der Waals surface area contributed by atoms with Crippen LogP contribution in [0.25, 0.3) is 0 Å². The second-order valence-electron chi connectivity index (χ2n) is 8.92. The van der Waals surface area contributed by atoms with Crippen molar-refractivity contribution in [2.45, 2.75) is 71.6 Å². The molecule has 2 aromatic rings. The molecule has 0 unspecified atom stereocenters. The molecule has 0 aliphatic rings. The molecule has 6 nitrogen and oxygen atoms in total. The van der Waals surface area contributed by atoms with Crippen molar-refractivity contribution in [2.24, 2.45) is 10.2 Å². The number of azo groups is 1. The Kier molecular flexibility index (Phi) is 9.57.